The van der Waals surface area contributed by atoms with E-state index in [9.17, 15) is 0 Å². The molecule has 10 aromatic rings. The molecule has 1 aliphatic heterocycles. The van der Waals surface area contributed by atoms with Crippen LogP contribution in [0.15, 0.2) is 167 Å². The third-order valence-electron chi connectivity index (χ3n) is 10.3. The zero-order chi connectivity index (χ0) is 33.5. The van der Waals surface area contributed by atoms with E-state index in [1.54, 1.807) is 0 Å². The van der Waals surface area contributed by atoms with Crippen LogP contribution < -0.4 is 10.6 Å². The van der Waals surface area contributed by atoms with Crippen molar-refractivity contribution in [2.75, 3.05) is 0 Å². The fraction of sp³-hybridized carbons (Fsp3) is 0.0444. The Morgan fingerprint density at radius 3 is 2.24 bits per heavy atom. The van der Waals surface area contributed by atoms with E-state index in [0.717, 1.165) is 61.0 Å². The zero-order valence-corrected chi connectivity index (χ0v) is 28.2. The Balaban J connectivity index is 1.11. The fourth-order valence-electron chi connectivity index (χ4n) is 8.01. The average Bonchev–Trinajstić information content (AvgIpc) is 3.87. The monoisotopic (exact) mass is 674 g/mol. The first-order valence-electron chi connectivity index (χ1n) is 17.3. The molecular weight excluding hydrogens is 645 g/mol. The smallest absolute Gasteiger partial charge is 0.137 e. The van der Waals surface area contributed by atoms with Crippen LogP contribution in [0.25, 0.3) is 69.6 Å². The number of thiophene rings is 1. The van der Waals surface area contributed by atoms with Crippen molar-refractivity contribution < 1.29 is 4.42 Å². The highest BCUT2D eigenvalue weighted by atomic mass is 32.1. The predicted octanol–water partition coefficient (Wildman–Crippen LogP) is 11.4. The van der Waals surface area contributed by atoms with Crippen molar-refractivity contribution in [1.82, 2.24) is 15.2 Å². The Morgan fingerprint density at radius 1 is 0.588 bits per heavy atom. The Labute approximate surface area is 297 Å². The molecule has 2 unspecified atom stereocenters. The summed E-state index contributed by atoms with van der Waals surface area (Å²) in [5.74, 6) is 0.868. The molecule has 51 heavy (non-hydrogen) atoms. The van der Waals surface area contributed by atoms with Crippen LogP contribution in [-0.2, 0) is 0 Å². The van der Waals surface area contributed by atoms with E-state index in [-0.39, 0.29) is 12.3 Å². The van der Waals surface area contributed by atoms with Gasteiger partial charge in [0.15, 0.2) is 0 Å². The van der Waals surface area contributed by atoms with Gasteiger partial charge >= 0.3 is 0 Å². The molecule has 242 valence electrons. The van der Waals surface area contributed by atoms with Crippen LogP contribution in [0.1, 0.15) is 29.0 Å². The van der Waals surface area contributed by atoms with Gasteiger partial charge in [-0.05, 0) is 42.0 Å². The number of hydrogen-bond acceptors (Lipinski definition) is 5. The normalized spacial score (nSPS) is 16.4. The van der Waals surface area contributed by atoms with Gasteiger partial charge in [0.1, 0.15) is 29.3 Å². The van der Waals surface area contributed by atoms with E-state index < -0.39 is 0 Å². The van der Waals surface area contributed by atoms with E-state index in [0.29, 0.717) is 0 Å². The molecule has 0 saturated carbocycles. The molecule has 0 bridgehead atoms. The van der Waals surface area contributed by atoms with Gasteiger partial charge < -0.3 is 14.3 Å². The highest BCUT2D eigenvalue weighted by Gasteiger charge is 2.29. The summed E-state index contributed by atoms with van der Waals surface area (Å²) in [6.07, 6.45) is -0.408. The number of amidine groups is 1. The largest absolute Gasteiger partial charge is 0.456 e. The van der Waals surface area contributed by atoms with E-state index in [4.69, 9.17) is 9.41 Å². The van der Waals surface area contributed by atoms with Crippen molar-refractivity contribution in [3.63, 3.8) is 0 Å². The van der Waals surface area contributed by atoms with Crippen molar-refractivity contribution in [3.05, 3.63) is 174 Å². The summed E-state index contributed by atoms with van der Waals surface area (Å²) in [6, 6.07) is 55.9. The standard InChI is InChI=1S/C45H30N4OS/c1-2-12-27(13-3-1)43-46-44(48-45(47-43)35-19-10-17-32-31-15-6-9-23-40(31)51-42(32)35)34-18-11-21-37-41(34)33-16-4-7-20-36(33)49(37)28-24-25-30-29-14-5-8-22-38(29)50-39(30)26-28/h1-26,43,45,47H,(H,46,48). The molecule has 6 heteroatoms. The molecule has 0 spiro atoms. The van der Waals surface area contributed by atoms with Gasteiger partial charge in [0.05, 0.1) is 11.0 Å². The highest BCUT2D eigenvalue weighted by Crippen LogP contribution is 2.40. The summed E-state index contributed by atoms with van der Waals surface area (Å²) in [4.78, 5) is 5.40. The van der Waals surface area contributed by atoms with Gasteiger partial charge in [0, 0.05) is 64.6 Å². The summed E-state index contributed by atoms with van der Waals surface area (Å²) in [5.41, 5.74) is 8.50. The lowest BCUT2D eigenvalue weighted by Gasteiger charge is -2.32. The average molecular weight is 675 g/mol. The molecule has 11 rings (SSSR count). The lowest BCUT2D eigenvalue weighted by Crippen LogP contribution is -2.45. The first-order chi connectivity index (χ1) is 25.3. The summed E-state index contributed by atoms with van der Waals surface area (Å²) >= 11 is 1.85. The minimum Gasteiger partial charge on any atom is -0.456 e. The number of aliphatic imine (C=N–C) groups is 1. The number of nitrogens with one attached hydrogen (secondary N) is 2. The highest BCUT2D eigenvalue weighted by molar-refractivity contribution is 7.26. The van der Waals surface area contributed by atoms with Crippen molar-refractivity contribution in [3.8, 4) is 5.69 Å². The Morgan fingerprint density at radius 2 is 1.31 bits per heavy atom. The molecule has 0 radical (unpaired) electrons. The molecule has 7 aromatic carbocycles. The first-order valence-corrected chi connectivity index (χ1v) is 18.1. The molecule has 2 atom stereocenters. The topological polar surface area (TPSA) is 54.5 Å². The first kappa shape index (κ1) is 28.6. The quantitative estimate of drug-likeness (QED) is 0.195. The number of benzene rings is 7. The Bertz CT molecular complexity index is 3010. The predicted molar refractivity (Wildman–Crippen MR) is 212 cm³/mol. The van der Waals surface area contributed by atoms with Crippen LogP contribution >= 0.6 is 11.3 Å². The van der Waals surface area contributed by atoms with Gasteiger partial charge in [-0.3, -0.25) is 5.32 Å². The van der Waals surface area contributed by atoms with Gasteiger partial charge in [-0.2, -0.15) is 0 Å². The molecular formula is C45H30N4OS. The van der Waals surface area contributed by atoms with E-state index >= 15 is 0 Å². The molecule has 1 aliphatic rings. The molecule has 4 heterocycles. The second-order valence-corrected chi connectivity index (χ2v) is 14.2. The van der Waals surface area contributed by atoms with Crippen molar-refractivity contribution in [1.29, 1.82) is 0 Å². The minimum absolute atomic E-state index is 0.168. The SMILES string of the molecule is c1ccc(C2N=C(c3cccc4c3c3ccccc3n4-c3ccc4c(c3)oc3ccccc34)NC(c3cccc4c3sc3ccccc34)N2)cc1. The summed E-state index contributed by atoms with van der Waals surface area (Å²) < 4.78 is 11.3. The van der Waals surface area contributed by atoms with Gasteiger partial charge in [0.25, 0.3) is 0 Å². The van der Waals surface area contributed by atoms with E-state index in [1.165, 1.54) is 31.1 Å². The van der Waals surface area contributed by atoms with Crippen LogP contribution in [0, 0.1) is 0 Å². The lowest BCUT2D eigenvalue weighted by molar-refractivity contribution is 0.411. The van der Waals surface area contributed by atoms with Gasteiger partial charge in [0.2, 0.25) is 0 Å². The fourth-order valence-corrected chi connectivity index (χ4v) is 9.25. The minimum atomic E-state index is -0.240. The third kappa shape index (κ3) is 4.40. The second kappa shape index (κ2) is 11.2. The number of fused-ring (bicyclic) bond motifs is 9. The molecule has 0 amide bonds. The number of rotatable bonds is 4. The number of nitrogens with zero attached hydrogens (tertiary/aromatic N) is 2. The second-order valence-electron chi connectivity index (χ2n) is 13.2. The van der Waals surface area contributed by atoms with Crippen LogP contribution in [0.2, 0.25) is 0 Å². The molecule has 3 aromatic heterocycles. The number of hydrogen-bond donors (Lipinski definition) is 2. The third-order valence-corrected chi connectivity index (χ3v) is 11.5. The number of para-hydroxylation sites is 2. The maximum absolute atomic E-state index is 6.34. The van der Waals surface area contributed by atoms with Gasteiger partial charge in [-0.25, -0.2) is 4.99 Å². The van der Waals surface area contributed by atoms with Crippen LogP contribution in [-0.4, -0.2) is 10.4 Å². The van der Waals surface area contributed by atoms with Crippen molar-refractivity contribution in [2.24, 2.45) is 4.99 Å². The maximum Gasteiger partial charge on any atom is 0.137 e. The number of furan rings is 1. The Kier molecular flexibility index (Phi) is 6.26. The van der Waals surface area contributed by atoms with Crippen molar-refractivity contribution >= 4 is 81.1 Å². The molecule has 0 saturated heterocycles. The van der Waals surface area contributed by atoms with Crippen LogP contribution in [0.5, 0.6) is 0 Å². The molecule has 5 nitrogen and oxygen atoms in total. The lowest BCUT2D eigenvalue weighted by atomic mass is 10.0. The zero-order valence-electron chi connectivity index (χ0n) is 27.4. The van der Waals surface area contributed by atoms with E-state index in [1.807, 2.05) is 23.5 Å². The van der Waals surface area contributed by atoms with E-state index in [2.05, 4.69) is 161 Å². The number of aromatic nitrogens is 1. The van der Waals surface area contributed by atoms with Gasteiger partial charge in [-0.1, -0.05) is 115 Å². The summed E-state index contributed by atoms with van der Waals surface area (Å²) in [5, 5.41) is 14.9. The molecule has 2 N–H and O–H groups in total. The Hall–Kier alpha value is -6.21. The van der Waals surface area contributed by atoms with Crippen LogP contribution in [0.4, 0.5) is 0 Å². The van der Waals surface area contributed by atoms with Crippen molar-refractivity contribution in [2.45, 2.75) is 12.3 Å². The summed E-state index contributed by atoms with van der Waals surface area (Å²) in [7, 11) is 0. The molecule has 0 fully saturated rings. The van der Waals surface area contributed by atoms with Crippen LogP contribution in [0.3, 0.4) is 0 Å². The maximum atomic E-state index is 6.34. The summed E-state index contributed by atoms with van der Waals surface area (Å²) in [6.45, 7) is 0. The molecule has 0 aliphatic carbocycles. The van der Waals surface area contributed by atoms with Gasteiger partial charge in [-0.15, -0.1) is 11.3 Å².